The van der Waals surface area contributed by atoms with Crippen LogP contribution >= 0.6 is 11.3 Å². The lowest BCUT2D eigenvalue weighted by Gasteiger charge is -2.21. The highest BCUT2D eigenvalue weighted by molar-refractivity contribution is 7.14. The molecular weight excluding hydrogens is 476 g/mol. The van der Waals surface area contributed by atoms with Crippen molar-refractivity contribution in [2.75, 3.05) is 38.7 Å². The van der Waals surface area contributed by atoms with Crippen molar-refractivity contribution in [2.24, 2.45) is 0 Å². The molecule has 1 amide bonds. The summed E-state index contributed by atoms with van der Waals surface area (Å²) in [6.07, 6.45) is 2.05. The fourth-order valence-electron chi connectivity index (χ4n) is 4.05. The summed E-state index contributed by atoms with van der Waals surface area (Å²) in [4.78, 5) is 23.9. The normalized spacial score (nSPS) is 15.5. The van der Waals surface area contributed by atoms with Crippen molar-refractivity contribution in [3.8, 4) is 6.07 Å². The molecular formula is C26H30N6O3S. The van der Waals surface area contributed by atoms with Crippen molar-refractivity contribution in [1.29, 1.82) is 5.26 Å². The Morgan fingerprint density at radius 1 is 1.19 bits per heavy atom. The van der Waals surface area contributed by atoms with Crippen LogP contribution in [0.25, 0.3) is 0 Å². The zero-order chi connectivity index (χ0) is 25.2. The molecule has 2 aromatic heterocycles. The monoisotopic (exact) mass is 506 g/mol. The molecule has 0 radical (unpaired) electrons. The number of rotatable bonds is 12. The molecule has 1 aliphatic heterocycles. The summed E-state index contributed by atoms with van der Waals surface area (Å²) in [6.45, 7) is 3.39. The first-order chi connectivity index (χ1) is 17.7. The number of likely N-dealkylation sites (tertiary alicyclic amines) is 1. The molecule has 3 heterocycles. The average molecular weight is 507 g/mol. The smallest absolute Gasteiger partial charge is 0.271 e. The third kappa shape index (κ3) is 7.08. The largest absolute Gasteiger partial charge is 0.382 e. The van der Waals surface area contributed by atoms with Gasteiger partial charge in [-0.15, -0.1) is 11.3 Å². The third-order valence-electron chi connectivity index (χ3n) is 5.90. The van der Waals surface area contributed by atoms with E-state index in [9.17, 15) is 4.79 Å². The van der Waals surface area contributed by atoms with Crippen LogP contribution in [-0.4, -0.2) is 54.2 Å². The zero-order valence-electron chi connectivity index (χ0n) is 20.3. The molecule has 0 aliphatic carbocycles. The molecule has 1 atom stereocenters. The number of nitrogens with zero attached hydrogens (tertiary/aromatic N) is 4. The van der Waals surface area contributed by atoms with Crippen molar-refractivity contribution < 1.29 is 14.3 Å². The first-order valence-electron chi connectivity index (χ1n) is 11.9. The van der Waals surface area contributed by atoms with Crippen molar-refractivity contribution in [1.82, 2.24) is 20.2 Å². The number of thiazole rings is 1. The van der Waals surface area contributed by atoms with Crippen LogP contribution in [0.4, 0.5) is 10.9 Å². The van der Waals surface area contributed by atoms with Crippen LogP contribution in [0.3, 0.4) is 0 Å². The maximum Gasteiger partial charge on any atom is 0.271 e. The van der Waals surface area contributed by atoms with Crippen LogP contribution in [0.15, 0.2) is 47.8 Å². The molecule has 188 valence electrons. The van der Waals surface area contributed by atoms with Gasteiger partial charge in [-0.05, 0) is 42.6 Å². The second-order valence-electron chi connectivity index (χ2n) is 8.44. The van der Waals surface area contributed by atoms with Crippen molar-refractivity contribution >= 4 is 28.2 Å². The molecule has 4 rings (SSSR count). The second-order valence-corrected chi connectivity index (χ2v) is 9.30. The van der Waals surface area contributed by atoms with Gasteiger partial charge in [-0.1, -0.05) is 30.3 Å². The van der Waals surface area contributed by atoms with Crippen LogP contribution in [0.2, 0.25) is 0 Å². The molecule has 0 spiro atoms. The fraction of sp³-hybridized carbons (Fsp3) is 0.385. The maximum atomic E-state index is 12.6. The Balaban J connectivity index is 1.28. The van der Waals surface area contributed by atoms with Gasteiger partial charge in [0.05, 0.1) is 44.2 Å². The van der Waals surface area contributed by atoms with Crippen LogP contribution in [0, 0.1) is 11.3 Å². The second kappa shape index (κ2) is 13.1. The summed E-state index contributed by atoms with van der Waals surface area (Å²) in [5.74, 6) is 0.440. The molecule has 10 heteroatoms. The number of nitriles is 1. The number of anilines is 2. The maximum absolute atomic E-state index is 12.6. The summed E-state index contributed by atoms with van der Waals surface area (Å²) in [6, 6.07) is 16.1. The number of amides is 1. The third-order valence-corrected chi connectivity index (χ3v) is 6.66. The Morgan fingerprint density at radius 2 is 2.03 bits per heavy atom. The van der Waals surface area contributed by atoms with E-state index in [1.807, 2.05) is 42.5 Å². The Bertz CT molecular complexity index is 1180. The van der Waals surface area contributed by atoms with Gasteiger partial charge in [0.15, 0.2) is 5.13 Å². The molecule has 0 saturated carbocycles. The predicted octanol–water partition coefficient (Wildman–Crippen LogP) is 4.04. The lowest BCUT2D eigenvalue weighted by Crippen LogP contribution is -2.24. The number of hydrogen-bond donors (Lipinski definition) is 2. The highest BCUT2D eigenvalue weighted by Crippen LogP contribution is 2.31. The van der Waals surface area contributed by atoms with Crippen LogP contribution in [0.1, 0.15) is 46.2 Å². The molecule has 1 saturated heterocycles. The molecule has 1 fully saturated rings. The fourth-order valence-corrected chi connectivity index (χ4v) is 4.75. The van der Waals surface area contributed by atoms with Crippen LogP contribution in [-0.2, 0) is 22.6 Å². The number of nitrogens with one attached hydrogen (secondary N) is 2. The summed E-state index contributed by atoms with van der Waals surface area (Å²) in [7, 11) is 1.65. The average Bonchev–Trinajstić information content (AvgIpc) is 3.56. The van der Waals surface area contributed by atoms with Crippen molar-refractivity contribution in [3.05, 3.63) is 70.4 Å². The standard InChI is InChI=1S/C26H30N6O3S/c1-34-14-15-35-17-20-9-7-19(8-10-20)16-28-25(33)22-18-36-26(30-22)31-24-6-2-4-21(29-24)23-5-3-12-32(23)13-11-27/h2,4,6-10,18,23H,3,5,12-17H2,1H3,(H,28,33)(H,29,30,31)/t23-/m1/s1. The molecule has 3 aromatic rings. The van der Waals surface area contributed by atoms with E-state index in [2.05, 4.69) is 26.6 Å². The van der Waals surface area contributed by atoms with Crippen LogP contribution in [0.5, 0.6) is 0 Å². The van der Waals surface area contributed by atoms with E-state index in [1.165, 1.54) is 11.3 Å². The molecule has 0 bridgehead atoms. The summed E-state index contributed by atoms with van der Waals surface area (Å²) >= 11 is 1.35. The summed E-state index contributed by atoms with van der Waals surface area (Å²) in [5, 5.41) is 17.5. The molecule has 2 N–H and O–H groups in total. The van der Waals surface area contributed by atoms with Gasteiger partial charge in [-0.2, -0.15) is 5.26 Å². The van der Waals surface area contributed by atoms with E-state index in [-0.39, 0.29) is 11.9 Å². The molecule has 9 nitrogen and oxygen atoms in total. The van der Waals surface area contributed by atoms with Gasteiger partial charge in [0.25, 0.3) is 5.91 Å². The number of benzene rings is 1. The molecule has 1 aromatic carbocycles. The predicted molar refractivity (Wildman–Crippen MR) is 138 cm³/mol. The van der Waals surface area contributed by atoms with E-state index in [1.54, 1.807) is 12.5 Å². The molecule has 0 unspecified atom stereocenters. The number of hydrogen-bond acceptors (Lipinski definition) is 9. The van der Waals surface area contributed by atoms with Gasteiger partial charge in [-0.25, -0.2) is 9.97 Å². The Hall–Kier alpha value is -3.36. The van der Waals surface area contributed by atoms with Crippen molar-refractivity contribution in [2.45, 2.75) is 32.0 Å². The van der Waals surface area contributed by atoms with Gasteiger partial charge in [0.2, 0.25) is 0 Å². The SMILES string of the molecule is COCCOCc1ccc(CNC(=O)c2csc(Nc3cccc([C@H]4CCCN4CC#N)n3)n2)cc1. The van der Waals surface area contributed by atoms with Crippen molar-refractivity contribution in [3.63, 3.8) is 0 Å². The van der Waals surface area contributed by atoms with E-state index >= 15 is 0 Å². The number of pyridine rings is 1. The summed E-state index contributed by atoms with van der Waals surface area (Å²) in [5.41, 5.74) is 3.36. The van der Waals surface area contributed by atoms with Gasteiger partial charge < -0.3 is 20.1 Å². The van der Waals surface area contributed by atoms with Gasteiger partial charge in [0.1, 0.15) is 11.5 Å². The minimum atomic E-state index is -0.230. The van der Waals surface area contributed by atoms with E-state index < -0.39 is 0 Å². The number of ether oxygens (including phenoxy) is 2. The lowest BCUT2D eigenvalue weighted by atomic mass is 10.1. The lowest BCUT2D eigenvalue weighted by molar-refractivity contribution is 0.0616. The van der Waals surface area contributed by atoms with Gasteiger partial charge >= 0.3 is 0 Å². The number of carbonyl (C=O) groups excluding carboxylic acids is 1. The first kappa shape index (κ1) is 25.7. The van der Waals surface area contributed by atoms with E-state index in [4.69, 9.17) is 19.7 Å². The highest BCUT2D eigenvalue weighted by Gasteiger charge is 2.26. The highest BCUT2D eigenvalue weighted by atomic mass is 32.1. The number of carbonyl (C=O) groups is 1. The first-order valence-corrected chi connectivity index (χ1v) is 12.8. The van der Waals surface area contributed by atoms with E-state index in [0.29, 0.717) is 49.6 Å². The van der Waals surface area contributed by atoms with Crippen LogP contribution < -0.4 is 10.6 Å². The van der Waals surface area contributed by atoms with Gasteiger partial charge in [-0.3, -0.25) is 9.69 Å². The minimum Gasteiger partial charge on any atom is -0.382 e. The van der Waals surface area contributed by atoms with Gasteiger partial charge in [0, 0.05) is 19.0 Å². The Morgan fingerprint density at radius 3 is 2.83 bits per heavy atom. The summed E-state index contributed by atoms with van der Waals surface area (Å²) < 4.78 is 10.5. The topological polar surface area (TPSA) is 112 Å². The van der Waals surface area contributed by atoms with E-state index in [0.717, 1.165) is 36.2 Å². The Labute approximate surface area is 215 Å². The Kier molecular flexibility index (Phi) is 9.35. The number of methoxy groups -OCH3 is 1. The quantitative estimate of drug-likeness (QED) is 0.280. The zero-order valence-corrected chi connectivity index (χ0v) is 21.1. The minimum absolute atomic E-state index is 0.154. The molecule has 1 aliphatic rings. The molecule has 36 heavy (non-hydrogen) atoms. The number of aromatic nitrogens is 2.